The number of hydrogen-bond donors (Lipinski definition) is 0. The maximum atomic E-state index is 13.1. The van der Waals surface area contributed by atoms with E-state index in [9.17, 15) is 4.79 Å². The molecule has 2 aromatic heterocycles. The first kappa shape index (κ1) is 20.0. The van der Waals surface area contributed by atoms with Gasteiger partial charge in [0.25, 0.3) is 0 Å². The molecule has 2 saturated heterocycles. The molecule has 2 aromatic rings. The molecule has 0 saturated carbocycles. The molecule has 0 radical (unpaired) electrons. The molecule has 2 aliphatic rings. The molecule has 156 valence electrons. The fourth-order valence-electron chi connectivity index (χ4n) is 4.61. The van der Waals surface area contributed by atoms with Crippen LogP contribution in [0.15, 0.2) is 16.9 Å². The first-order chi connectivity index (χ1) is 13.9. The van der Waals surface area contributed by atoms with Gasteiger partial charge in [0.2, 0.25) is 5.91 Å². The van der Waals surface area contributed by atoms with Crippen molar-refractivity contribution in [3.63, 3.8) is 0 Å². The van der Waals surface area contributed by atoms with Crippen LogP contribution >= 0.6 is 0 Å². The smallest absolute Gasteiger partial charge is 0.228 e. The average Bonchev–Trinajstić information content (AvgIpc) is 3.08. The van der Waals surface area contributed by atoms with Crippen molar-refractivity contribution in [3.05, 3.63) is 29.5 Å². The second-order valence-corrected chi connectivity index (χ2v) is 8.96. The van der Waals surface area contributed by atoms with Crippen molar-refractivity contribution in [2.45, 2.75) is 52.4 Å². The van der Waals surface area contributed by atoms with Crippen LogP contribution in [0.1, 0.15) is 55.7 Å². The van der Waals surface area contributed by atoms with E-state index in [1.54, 1.807) is 0 Å². The SMILES string of the molecule is Cc1noc(C)c1-c1cnc(C2CCN(C(=O)C3(C)CCN(C)CC3)CC2)cn1. The number of likely N-dealkylation sites (tertiary alicyclic amines) is 2. The molecule has 0 aliphatic carbocycles. The van der Waals surface area contributed by atoms with E-state index in [4.69, 9.17) is 4.52 Å². The van der Waals surface area contributed by atoms with Crippen molar-refractivity contribution in [1.29, 1.82) is 0 Å². The highest BCUT2D eigenvalue weighted by molar-refractivity contribution is 5.82. The minimum atomic E-state index is -0.199. The van der Waals surface area contributed by atoms with Crippen LogP contribution < -0.4 is 0 Å². The average molecular weight is 398 g/mol. The minimum absolute atomic E-state index is 0.199. The Morgan fingerprint density at radius 1 is 1.10 bits per heavy atom. The maximum absolute atomic E-state index is 13.1. The fraction of sp³-hybridized carbons (Fsp3) is 0.636. The highest BCUT2D eigenvalue weighted by atomic mass is 16.5. The second kappa shape index (κ2) is 7.86. The van der Waals surface area contributed by atoms with Crippen LogP contribution in [-0.4, -0.2) is 64.1 Å². The van der Waals surface area contributed by atoms with Crippen LogP contribution in [0.3, 0.4) is 0 Å². The zero-order valence-electron chi connectivity index (χ0n) is 17.9. The van der Waals surface area contributed by atoms with Crippen molar-refractivity contribution in [3.8, 4) is 11.3 Å². The minimum Gasteiger partial charge on any atom is -0.361 e. The third-order valence-corrected chi connectivity index (χ3v) is 6.77. The molecule has 29 heavy (non-hydrogen) atoms. The maximum Gasteiger partial charge on any atom is 0.228 e. The molecular formula is C22H31N5O2. The summed E-state index contributed by atoms with van der Waals surface area (Å²) in [5.74, 6) is 1.46. The number of carbonyl (C=O) groups is 1. The highest BCUT2D eigenvalue weighted by Gasteiger charge is 2.40. The van der Waals surface area contributed by atoms with Crippen molar-refractivity contribution in [1.82, 2.24) is 24.9 Å². The van der Waals surface area contributed by atoms with Gasteiger partial charge in [0.1, 0.15) is 5.76 Å². The number of amides is 1. The lowest BCUT2D eigenvalue weighted by Gasteiger charge is -2.42. The van der Waals surface area contributed by atoms with E-state index in [-0.39, 0.29) is 5.41 Å². The number of nitrogens with zero attached hydrogens (tertiary/aromatic N) is 5. The fourth-order valence-corrected chi connectivity index (χ4v) is 4.61. The van der Waals surface area contributed by atoms with Gasteiger partial charge in [-0.25, -0.2) is 0 Å². The van der Waals surface area contributed by atoms with Gasteiger partial charge >= 0.3 is 0 Å². The molecule has 0 spiro atoms. The molecular weight excluding hydrogens is 366 g/mol. The first-order valence-electron chi connectivity index (χ1n) is 10.6. The summed E-state index contributed by atoms with van der Waals surface area (Å²) in [6, 6.07) is 0. The molecule has 4 rings (SSSR count). The lowest BCUT2D eigenvalue weighted by molar-refractivity contribution is -0.145. The number of hydrogen-bond acceptors (Lipinski definition) is 6. The van der Waals surface area contributed by atoms with Crippen LogP contribution in [0.2, 0.25) is 0 Å². The zero-order valence-corrected chi connectivity index (χ0v) is 17.9. The summed E-state index contributed by atoms with van der Waals surface area (Å²) in [5, 5.41) is 3.99. The molecule has 7 nitrogen and oxygen atoms in total. The second-order valence-electron chi connectivity index (χ2n) is 8.96. The monoisotopic (exact) mass is 397 g/mol. The van der Waals surface area contributed by atoms with Gasteiger partial charge < -0.3 is 14.3 Å². The Morgan fingerprint density at radius 3 is 2.34 bits per heavy atom. The number of aromatic nitrogens is 3. The molecule has 2 fully saturated rings. The summed E-state index contributed by atoms with van der Waals surface area (Å²) in [6.07, 6.45) is 7.50. The molecule has 1 amide bonds. The molecule has 0 bridgehead atoms. The van der Waals surface area contributed by atoms with Crippen LogP contribution in [0, 0.1) is 19.3 Å². The summed E-state index contributed by atoms with van der Waals surface area (Å²) in [5.41, 5.74) is 3.37. The van der Waals surface area contributed by atoms with Crippen LogP contribution in [0.25, 0.3) is 11.3 Å². The lowest BCUT2D eigenvalue weighted by Crippen LogP contribution is -2.50. The van der Waals surface area contributed by atoms with Gasteiger partial charge in [0, 0.05) is 30.6 Å². The normalized spacial score (nSPS) is 20.8. The van der Waals surface area contributed by atoms with E-state index in [0.29, 0.717) is 11.8 Å². The van der Waals surface area contributed by atoms with Gasteiger partial charge in [-0.15, -0.1) is 0 Å². The van der Waals surface area contributed by atoms with Gasteiger partial charge in [-0.1, -0.05) is 12.1 Å². The molecule has 2 aliphatic heterocycles. The van der Waals surface area contributed by atoms with E-state index in [2.05, 4.69) is 38.9 Å². The lowest BCUT2D eigenvalue weighted by atomic mass is 9.78. The quantitative estimate of drug-likeness (QED) is 0.792. The Bertz CT molecular complexity index is 840. The molecule has 0 aromatic carbocycles. The van der Waals surface area contributed by atoms with E-state index < -0.39 is 0 Å². The summed E-state index contributed by atoms with van der Waals surface area (Å²) >= 11 is 0. The molecule has 7 heteroatoms. The predicted molar refractivity (Wildman–Crippen MR) is 110 cm³/mol. The van der Waals surface area contributed by atoms with E-state index in [0.717, 1.165) is 80.3 Å². The topological polar surface area (TPSA) is 75.4 Å². The molecule has 4 heterocycles. The van der Waals surface area contributed by atoms with Gasteiger partial charge in [-0.3, -0.25) is 14.8 Å². The Labute approximate surface area is 172 Å². The summed E-state index contributed by atoms with van der Waals surface area (Å²) in [6.45, 7) is 9.58. The Kier molecular flexibility index (Phi) is 5.42. The van der Waals surface area contributed by atoms with Gasteiger partial charge in [-0.2, -0.15) is 0 Å². The van der Waals surface area contributed by atoms with Gasteiger partial charge in [-0.05, 0) is 59.7 Å². The number of aryl methyl sites for hydroxylation is 2. The number of carbonyl (C=O) groups excluding carboxylic acids is 1. The molecule has 0 atom stereocenters. The van der Waals surface area contributed by atoms with Crippen LogP contribution in [0.4, 0.5) is 0 Å². The van der Waals surface area contributed by atoms with Gasteiger partial charge in [0.15, 0.2) is 0 Å². The third-order valence-electron chi connectivity index (χ3n) is 6.77. The van der Waals surface area contributed by atoms with Crippen LogP contribution in [-0.2, 0) is 4.79 Å². The summed E-state index contributed by atoms with van der Waals surface area (Å²) < 4.78 is 5.24. The van der Waals surface area contributed by atoms with E-state index >= 15 is 0 Å². The molecule has 0 unspecified atom stereocenters. The van der Waals surface area contributed by atoms with Crippen molar-refractivity contribution < 1.29 is 9.32 Å². The van der Waals surface area contributed by atoms with E-state index in [1.165, 1.54) is 0 Å². The predicted octanol–water partition coefficient (Wildman–Crippen LogP) is 3.19. The van der Waals surface area contributed by atoms with Crippen molar-refractivity contribution >= 4 is 5.91 Å². The summed E-state index contributed by atoms with van der Waals surface area (Å²) in [4.78, 5) is 26.8. The van der Waals surface area contributed by atoms with Crippen molar-refractivity contribution in [2.75, 3.05) is 33.2 Å². The first-order valence-corrected chi connectivity index (χ1v) is 10.6. The highest BCUT2D eigenvalue weighted by Crippen LogP contribution is 2.35. The van der Waals surface area contributed by atoms with Crippen molar-refractivity contribution in [2.24, 2.45) is 5.41 Å². The molecule has 0 N–H and O–H groups in total. The van der Waals surface area contributed by atoms with Crippen LogP contribution in [0.5, 0.6) is 0 Å². The Hall–Kier alpha value is -2.28. The summed E-state index contributed by atoms with van der Waals surface area (Å²) in [7, 11) is 2.13. The van der Waals surface area contributed by atoms with E-state index in [1.807, 2.05) is 26.2 Å². The number of rotatable bonds is 3. The van der Waals surface area contributed by atoms with Gasteiger partial charge in [0.05, 0.1) is 28.8 Å². The Morgan fingerprint density at radius 2 is 1.79 bits per heavy atom. The number of piperidine rings is 2. The largest absolute Gasteiger partial charge is 0.361 e. The standard InChI is InChI=1S/C22H31N5O2/c1-15-20(16(2)29-25-15)19-14-23-18(13-24-19)17-5-9-27(10-6-17)21(28)22(3)7-11-26(4)12-8-22/h13-14,17H,5-12H2,1-4H3. The zero-order chi connectivity index (χ0) is 20.6. The third kappa shape index (κ3) is 3.92. The Balaban J connectivity index is 1.38.